The molecule has 0 saturated carbocycles. The number of aliphatic carboxylic acids is 1. The van der Waals surface area contributed by atoms with E-state index in [4.69, 9.17) is 9.84 Å². The van der Waals surface area contributed by atoms with Crippen LogP contribution in [0.15, 0.2) is 18.2 Å². The van der Waals surface area contributed by atoms with Crippen molar-refractivity contribution in [2.24, 2.45) is 0 Å². The van der Waals surface area contributed by atoms with Gasteiger partial charge in [0, 0.05) is 0 Å². The Balaban J connectivity index is 2.67. The van der Waals surface area contributed by atoms with E-state index in [1.807, 2.05) is 13.0 Å². The molecule has 5 heteroatoms. The fraction of sp³-hybridized carbons (Fsp3) is 0.385. The molecule has 0 aromatic heterocycles. The zero-order valence-electron chi connectivity index (χ0n) is 10.7. The van der Waals surface area contributed by atoms with Crippen molar-refractivity contribution in [2.45, 2.75) is 26.3 Å². The van der Waals surface area contributed by atoms with Crippen molar-refractivity contribution < 1.29 is 19.4 Å². The molecule has 98 valence electrons. The number of hydrogen-bond acceptors (Lipinski definition) is 3. The number of nitrogens with one attached hydrogen (secondary N) is 1. The second-order valence-corrected chi connectivity index (χ2v) is 4.10. The van der Waals surface area contributed by atoms with E-state index in [2.05, 4.69) is 5.32 Å². The lowest BCUT2D eigenvalue weighted by molar-refractivity contribution is -0.141. The smallest absolute Gasteiger partial charge is 0.325 e. The topological polar surface area (TPSA) is 75.6 Å². The minimum atomic E-state index is -1.05. The molecule has 1 aromatic rings. The normalized spacial score (nSPS) is 11.7. The molecular formula is C13H17NO4. The molecule has 0 heterocycles. The Morgan fingerprint density at radius 3 is 2.61 bits per heavy atom. The van der Waals surface area contributed by atoms with Crippen molar-refractivity contribution in [1.29, 1.82) is 0 Å². The number of hydrogen-bond donors (Lipinski definition) is 2. The second-order valence-electron chi connectivity index (χ2n) is 4.10. The minimum absolute atomic E-state index is 0.160. The molecule has 1 unspecified atom stereocenters. The highest BCUT2D eigenvalue weighted by atomic mass is 16.5. The highest BCUT2D eigenvalue weighted by molar-refractivity contribution is 5.84. The number of carboxylic acids is 1. The summed E-state index contributed by atoms with van der Waals surface area (Å²) in [4.78, 5) is 22.2. The van der Waals surface area contributed by atoms with Crippen molar-refractivity contribution in [3.8, 4) is 5.75 Å². The number of carbonyl (C=O) groups excluding carboxylic acids is 1. The molecule has 1 atom stereocenters. The second kappa shape index (κ2) is 6.05. The zero-order valence-corrected chi connectivity index (χ0v) is 10.7. The van der Waals surface area contributed by atoms with Gasteiger partial charge in [0.1, 0.15) is 11.8 Å². The van der Waals surface area contributed by atoms with Crippen LogP contribution in [0.25, 0.3) is 0 Å². The molecule has 0 spiro atoms. The monoisotopic (exact) mass is 251 g/mol. The van der Waals surface area contributed by atoms with E-state index in [0.29, 0.717) is 0 Å². The fourth-order valence-corrected chi connectivity index (χ4v) is 1.52. The van der Waals surface area contributed by atoms with Gasteiger partial charge in [-0.15, -0.1) is 0 Å². The predicted octanol–water partition coefficient (Wildman–Crippen LogP) is 1.14. The first-order chi connectivity index (χ1) is 8.43. The Morgan fingerprint density at radius 2 is 2.11 bits per heavy atom. The highest BCUT2D eigenvalue weighted by Gasteiger charge is 2.14. The standard InChI is InChI=1S/C13H17NO4/c1-8-6-11(18-3)5-4-10(8)7-12(15)14-9(2)13(16)17/h4-6,9H,7H2,1-3H3,(H,14,15)(H,16,17). The van der Waals surface area contributed by atoms with Gasteiger partial charge < -0.3 is 15.2 Å². The number of methoxy groups -OCH3 is 1. The molecule has 0 saturated heterocycles. The molecule has 2 N–H and O–H groups in total. The molecule has 0 fully saturated rings. The summed E-state index contributed by atoms with van der Waals surface area (Å²) in [6, 6.07) is 4.54. The lowest BCUT2D eigenvalue weighted by Crippen LogP contribution is -2.39. The van der Waals surface area contributed by atoms with E-state index in [1.165, 1.54) is 6.92 Å². The summed E-state index contributed by atoms with van der Waals surface area (Å²) in [5.74, 6) is -0.622. The number of carboxylic acid groups (broad SMARTS) is 1. The minimum Gasteiger partial charge on any atom is -0.497 e. The maximum absolute atomic E-state index is 11.6. The Bertz CT molecular complexity index is 456. The molecule has 0 aliphatic carbocycles. The van der Waals surface area contributed by atoms with Gasteiger partial charge in [-0.1, -0.05) is 6.07 Å². The van der Waals surface area contributed by atoms with Crippen LogP contribution >= 0.6 is 0 Å². The largest absolute Gasteiger partial charge is 0.497 e. The quantitative estimate of drug-likeness (QED) is 0.822. The molecule has 0 radical (unpaired) electrons. The predicted molar refractivity (Wildman–Crippen MR) is 66.7 cm³/mol. The number of ether oxygens (including phenoxy) is 1. The average Bonchev–Trinajstić information content (AvgIpc) is 2.31. The van der Waals surface area contributed by atoms with Gasteiger partial charge in [-0.3, -0.25) is 9.59 Å². The van der Waals surface area contributed by atoms with Gasteiger partial charge in [0.05, 0.1) is 13.5 Å². The summed E-state index contributed by atoms with van der Waals surface area (Å²) in [6.45, 7) is 3.31. The molecule has 1 amide bonds. The van der Waals surface area contributed by atoms with Crippen molar-refractivity contribution >= 4 is 11.9 Å². The van der Waals surface area contributed by atoms with Crippen molar-refractivity contribution in [2.75, 3.05) is 7.11 Å². The number of amides is 1. The molecule has 0 aliphatic rings. The maximum atomic E-state index is 11.6. The van der Waals surface area contributed by atoms with Crippen LogP contribution in [0.1, 0.15) is 18.1 Å². The number of benzene rings is 1. The third-order valence-corrected chi connectivity index (χ3v) is 2.65. The summed E-state index contributed by atoms with van der Waals surface area (Å²) >= 11 is 0. The summed E-state index contributed by atoms with van der Waals surface area (Å²) in [6.07, 6.45) is 0.160. The molecule has 0 bridgehead atoms. The van der Waals surface area contributed by atoms with Crippen LogP contribution in [0.2, 0.25) is 0 Å². The first-order valence-electron chi connectivity index (χ1n) is 5.59. The van der Waals surface area contributed by atoms with Gasteiger partial charge in [0.25, 0.3) is 0 Å². The Kier molecular flexibility index (Phi) is 4.71. The van der Waals surface area contributed by atoms with Crippen LogP contribution in [0.3, 0.4) is 0 Å². The van der Waals surface area contributed by atoms with Crippen LogP contribution in [0.4, 0.5) is 0 Å². The van der Waals surface area contributed by atoms with E-state index in [-0.39, 0.29) is 12.3 Å². The van der Waals surface area contributed by atoms with E-state index >= 15 is 0 Å². The molecule has 1 rings (SSSR count). The zero-order chi connectivity index (χ0) is 13.7. The van der Waals surface area contributed by atoms with Gasteiger partial charge in [-0.25, -0.2) is 0 Å². The van der Waals surface area contributed by atoms with Crippen LogP contribution in [-0.4, -0.2) is 30.1 Å². The highest BCUT2D eigenvalue weighted by Crippen LogP contribution is 2.17. The summed E-state index contributed by atoms with van der Waals surface area (Å²) in [5, 5.41) is 11.1. The Morgan fingerprint density at radius 1 is 1.44 bits per heavy atom. The van der Waals surface area contributed by atoms with E-state index in [1.54, 1.807) is 19.2 Å². The van der Waals surface area contributed by atoms with Gasteiger partial charge >= 0.3 is 5.97 Å². The summed E-state index contributed by atoms with van der Waals surface area (Å²) < 4.78 is 5.07. The SMILES string of the molecule is COc1ccc(CC(=O)NC(C)C(=O)O)c(C)c1. The summed E-state index contributed by atoms with van der Waals surface area (Å²) in [7, 11) is 1.58. The van der Waals surface area contributed by atoms with Gasteiger partial charge in [0.15, 0.2) is 0 Å². The van der Waals surface area contributed by atoms with Crippen LogP contribution in [-0.2, 0) is 16.0 Å². The van der Waals surface area contributed by atoms with E-state index in [0.717, 1.165) is 16.9 Å². The summed E-state index contributed by atoms with van der Waals surface area (Å²) in [5.41, 5.74) is 1.79. The number of rotatable bonds is 5. The Labute approximate surface area is 106 Å². The third kappa shape index (κ3) is 3.76. The van der Waals surface area contributed by atoms with E-state index in [9.17, 15) is 9.59 Å². The van der Waals surface area contributed by atoms with Crippen LogP contribution in [0, 0.1) is 6.92 Å². The van der Waals surface area contributed by atoms with Crippen molar-refractivity contribution in [3.05, 3.63) is 29.3 Å². The van der Waals surface area contributed by atoms with Crippen molar-refractivity contribution in [1.82, 2.24) is 5.32 Å². The number of aryl methyl sites for hydroxylation is 1. The third-order valence-electron chi connectivity index (χ3n) is 2.65. The lowest BCUT2D eigenvalue weighted by atomic mass is 10.0. The van der Waals surface area contributed by atoms with Gasteiger partial charge in [0.2, 0.25) is 5.91 Å². The Hall–Kier alpha value is -2.04. The first-order valence-corrected chi connectivity index (χ1v) is 5.59. The lowest BCUT2D eigenvalue weighted by Gasteiger charge is -2.11. The first kappa shape index (κ1) is 14.0. The van der Waals surface area contributed by atoms with E-state index < -0.39 is 12.0 Å². The van der Waals surface area contributed by atoms with Crippen LogP contribution in [0.5, 0.6) is 5.75 Å². The van der Waals surface area contributed by atoms with Crippen molar-refractivity contribution in [3.63, 3.8) is 0 Å². The van der Waals surface area contributed by atoms with Gasteiger partial charge in [-0.05, 0) is 37.1 Å². The molecule has 1 aromatic carbocycles. The number of carbonyl (C=O) groups is 2. The fourth-order valence-electron chi connectivity index (χ4n) is 1.52. The molecule has 18 heavy (non-hydrogen) atoms. The molecule has 0 aliphatic heterocycles. The van der Waals surface area contributed by atoms with Gasteiger partial charge in [-0.2, -0.15) is 0 Å². The van der Waals surface area contributed by atoms with Crippen LogP contribution < -0.4 is 10.1 Å². The average molecular weight is 251 g/mol. The maximum Gasteiger partial charge on any atom is 0.325 e. The molecule has 5 nitrogen and oxygen atoms in total. The molecular weight excluding hydrogens is 234 g/mol.